The monoisotopic (exact) mass is 338 g/mol. The van der Waals surface area contributed by atoms with Crippen LogP contribution in [0.5, 0.6) is 0 Å². The van der Waals surface area contributed by atoms with Crippen LogP contribution in [-0.4, -0.2) is 31.1 Å². The Morgan fingerprint density at radius 1 is 1.29 bits per heavy atom. The van der Waals surface area contributed by atoms with E-state index >= 15 is 0 Å². The molecule has 0 amide bonds. The van der Waals surface area contributed by atoms with Crippen molar-refractivity contribution in [3.63, 3.8) is 0 Å². The van der Waals surface area contributed by atoms with Gasteiger partial charge in [-0.1, -0.05) is 17.7 Å². The van der Waals surface area contributed by atoms with Crippen LogP contribution in [0.4, 0.5) is 0 Å². The molecule has 17 heavy (non-hydrogen) atoms. The van der Waals surface area contributed by atoms with Crippen LogP contribution in [0.1, 0.15) is 12.0 Å². The van der Waals surface area contributed by atoms with Crippen molar-refractivity contribution in [3.8, 4) is 0 Å². The minimum atomic E-state index is 0. The van der Waals surface area contributed by atoms with E-state index in [1.165, 1.54) is 18.5 Å². The van der Waals surface area contributed by atoms with Crippen LogP contribution in [-0.2, 0) is 6.54 Å². The van der Waals surface area contributed by atoms with Gasteiger partial charge < -0.3 is 5.32 Å². The fourth-order valence-electron chi connectivity index (χ4n) is 1.96. The second kappa shape index (κ2) is 7.59. The van der Waals surface area contributed by atoms with Crippen molar-refractivity contribution in [2.75, 3.05) is 26.2 Å². The normalized spacial score (nSPS) is 17.3. The first-order chi connectivity index (χ1) is 7.75. The molecule has 1 saturated heterocycles. The zero-order valence-corrected chi connectivity index (χ0v) is 12.7. The molecule has 1 aliphatic heterocycles. The quantitative estimate of drug-likeness (QED) is 0.889. The molecule has 0 aromatic heterocycles. The molecule has 1 aliphatic rings. The second-order valence-electron chi connectivity index (χ2n) is 4.13. The van der Waals surface area contributed by atoms with Crippen molar-refractivity contribution in [3.05, 3.63) is 33.3 Å². The van der Waals surface area contributed by atoms with Gasteiger partial charge >= 0.3 is 0 Å². The second-order valence-corrected chi connectivity index (χ2v) is 5.39. The molecule has 0 radical (unpaired) electrons. The van der Waals surface area contributed by atoms with Crippen molar-refractivity contribution < 1.29 is 0 Å². The topological polar surface area (TPSA) is 15.3 Å². The summed E-state index contributed by atoms with van der Waals surface area (Å²) in [6, 6.07) is 6.17. The highest BCUT2D eigenvalue weighted by molar-refractivity contribution is 9.10. The van der Waals surface area contributed by atoms with Gasteiger partial charge in [-0.15, -0.1) is 12.4 Å². The SMILES string of the molecule is Cl.Clc1ccc(CN2CCCNCC2)cc1Br. The van der Waals surface area contributed by atoms with Crippen molar-refractivity contribution in [1.82, 2.24) is 10.2 Å². The fourth-order valence-corrected chi connectivity index (χ4v) is 2.50. The first kappa shape index (κ1) is 15.3. The summed E-state index contributed by atoms with van der Waals surface area (Å²) in [5, 5.41) is 4.19. The van der Waals surface area contributed by atoms with Crippen molar-refractivity contribution in [1.29, 1.82) is 0 Å². The Kier molecular flexibility index (Phi) is 6.82. The zero-order chi connectivity index (χ0) is 11.4. The van der Waals surface area contributed by atoms with Crippen LogP contribution < -0.4 is 5.32 Å². The highest BCUT2D eigenvalue weighted by atomic mass is 79.9. The molecule has 1 N–H and O–H groups in total. The van der Waals surface area contributed by atoms with Crippen LogP contribution >= 0.6 is 39.9 Å². The lowest BCUT2D eigenvalue weighted by Gasteiger charge is -2.19. The molecule has 0 spiro atoms. The van der Waals surface area contributed by atoms with E-state index < -0.39 is 0 Å². The van der Waals surface area contributed by atoms with Gasteiger partial charge in [0.25, 0.3) is 0 Å². The Balaban J connectivity index is 0.00000144. The van der Waals surface area contributed by atoms with E-state index in [1.54, 1.807) is 0 Å². The van der Waals surface area contributed by atoms with Crippen LogP contribution in [0.25, 0.3) is 0 Å². The number of rotatable bonds is 2. The lowest BCUT2D eigenvalue weighted by atomic mass is 10.2. The summed E-state index contributed by atoms with van der Waals surface area (Å²) in [4.78, 5) is 2.48. The zero-order valence-electron chi connectivity index (χ0n) is 9.59. The molecular formula is C12H17BrCl2N2. The van der Waals surface area contributed by atoms with E-state index in [0.29, 0.717) is 0 Å². The molecule has 0 bridgehead atoms. The number of benzene rings is 1. The number of halogens is 3. The maximum Gasteiger partial charge on any atom is 0.0548 e. The Morgan fingerprint density at radius 2 is 2.12 bits per heavy atom. The predicted molar refractivity (Wildman–Crippen MR) is 79.2 cm³/mol. The summed E-state index contributed by atoms with van der Waals surface area (Å²) in [5.74, 6) is 0. The molecule has 1 aromatic carbocycles. The molecule has 96 valence electrons. The molecule has 0 aliphatic carbocycles. The van der Waals surface area contributed by atoms with Gasteiger partial charge in [0.05, 0.1) is 5.02 Å². The third kappa shape index (κ3) is 4.76. The van der Waals surface area contributed by atoms with E-state index in [9.17, 15) is 0 Å². The summed E-state index contributed by atoms with van der Waals surface area (Å²) < 4.78 is 0.986. The van der Waals surface area contributed by atoms with Gasteiger partial charge in [-0.05, 0) is 53.1 Å². The Hall–Kier alpha value is 0.200. The number of hydrogen-bond donors (Lipinski definition) is 1. The molecule has 0 unspecified atom stereocenters. The van der Waals surface area contributed by atoms with Crippen LogP contribution in [0.3, 0.4) is 0 Å². The highest BCUT2D eigenvalue weighted by Gasteiger charge is 2.09. The van der Waals surface area contributed by atoms with Crippen molar-refractivity contribution in [2.45, 2.75) is 13.0 Å². The van der Waals surface area contributed by atoms with Gasteiger partial charge in [0.2, 0.25) is 0 Å². The molecule has 1 aromatic rings. The largest absolute Gasteiger partial charge is 0.315 e. The van der Waals surface area contributed by atoms with E-state index in [0.717, 1.165) is 35.7 Å². The van der Waals surface area contributed by atoms with E-state index in [4.69, 9.17) is 11.6 Å². The minimum Gasteiger partial charge on any atom is -0.315 e. The Morgan fingerprint density at radius 3 is 2.88 bits per heavy atom. The molecule has 5 heteroatoms. The van der Waals surface area contributed by atoms with Crippen molar-refractivity contribution in [2.24, 2.45) is 0 Å². The minimum absolute atomic E-state index is 0. The Labute approximate surface area is 122 Å². The summed E-state index contributed by atoms with van der Waals surface area (Å²) in [5.41, 5.74) is 1.32. The van der Waals surface area contributed by atoms with E-state index in [-0.39, 0.29) is 12.4 Å². The molecule has 1 heterocycles. The maximum absolute atomic E-state index is 5.98. The molecule has 2 rings (SSSR count). The average Bonchev–Trinajstić information content (AvgIpc) is 2.52. The highest BCUT2D eigenvalue weighted by Crippen LogP contribution is 2.23. The summed E-state index contributed by atoms with van der Waals surface area (Å²) in [7, 11) is 0. The molecule has 0 saturated carbocycles. The van der Waals surface area contributed by atoms with E-state index in [1.807, 2.05) is 6.07 Å². The van der Waals surface area contributed by atoms with Gasteiger partial charge in [-0.25, -0.2) is 0 Å². The van der Waals surface area contributed by atoms with Crippen LogP contribution in [0, 0.1) is 0 Å². The number of nitrogens with one attached hydrogen (secondary N) is 1. The van der Waals surface area contributed by atoms with Gasteiger partial charge in [0, 0.05) is 24.1 Å². The van der Waals surface area contributed by atoms with Gasteiger partial charge in [0.15, 0.2) is 0 Å². The third-order valence-corrected chi connectivity index (χ3v) is 4.04. The first-order valence-corrected chi connectivity index (χ1v) is 6.80. The van der Waals surface area contributed by atoms with Gasteiger partial charge in [0.1, 0.15) is 0 Å². The van der Waals surface area contributed by atoms with Gasteiger partial charge in [-0.3, -0.25) is 4.90 Å². The fraction of sp³-hybridized carbons (Fsp3) is 0.500. The lowest BCUT2D eigenvalue weighted by molar-refractivity contribution is 0.284. The van der Waals surface area contributed by atoms with Crippen LogP contribution in [0.2, 0.25) is 5.02 Å². The third-order valence-electron chi connectivity index (χ3n) is 2.82. The maximum atomic E-state index is 5.98. The predicted octanol–water partition coefficient (Wildman–Crippen LogP) is 3.32. The molecule has 1 fully saturated rings. The van der Waals surface area contributed by atoms with Crippen molar-refractivity contribution >= 4 is 39.9 Å². The molecule has 2 nitrogen and oxygen atoms in total. The first-order valence-electron chi connectivity index (χ1n) is 5.63. The standard InChI is InChI=1S/C12H16BrClN2.ClH/c13-11-8-10(2-3-12(11)14)9-16-6-1-4-15-5-7-16;/h2-3,8,15H,1,4-7,9H2;1H. The Bertz CT molecular complexity index is 352. The summed E-state index contributed by atoms with van der Waals surface area (Å²) in [6.07, 6.45) is 1.23. The number of hydrogen-bond acceptors (Lipinski definition) is 2. The van der Waals surface area contributed by atoms with E-state index in [2.05, 4.69) is 38.3 Å². The average molecular weight is 340 g/mol. The van der Waals surface area contributed by atoms with Crippen LogP contribution in [0.15, 0.2) is 22.7 Å². The lowest BCUT2D eigenvalue weighted by Crippen LogP contribution is -2.27. The number of nitrogens with zero attached hydrogens (tertiary/aromatic N) is 1. The van der Waals surface area contributed by atoms with Gasteiger partial charge in [-0.2, -0.15) is 0 Å². The molecular weight excluding hydrogens is 323 g/mol. The summed E-state index contributed by atoms with van der Waals surface area (Å²) >= 11 is 9.44. The smallest absolute Gasteiger partial charge is 0.0548 e. The summed E-state index contributed by atoms with van der Waals surface area (Å²) in [6.45, 7) is 5.54. The molecule has 0 atom stereocenters.